The van der Waals surface area contributed by atoms with Gasteiger partial charge >= 0.3 is 0 Å². The third-order valence-corrected chi connectivity index (χ3v) is 4.29. The van der Waals surface area contributed by atoms with Gasteiger partial charge in [-0.25, -0.2) is 0 Å². The van der Waals surface area contributed by atoms with Gasteiger partial charge < -0.3 is 0 Å². The zero-order chi connectivity index (χ0) is 16.0. The second kappa shape index (κ2) is 7.22. The van der Waals surface area contributed by atoms with Crippen molar-refractivity contribution in [2.75, 3.05) is 0 Å². The third kappa shape index (κ3) is 4.43. The summed E-state index contributed by atoms with van der Waals surface area (Å²) in [6, 6.07) is 17.8. The van der Waals surface area contributed by atoms with Crippen molar-refractivity contribution in [3.63, 3.8) is 0 Å². The number of benzene rings is 2. The quantitative estimate of drug-likeness (QED) is 0.656. The molecule has 0 unspecified atom stereocenters. The summed E-state index contributed by atoms with van der Waals surface area (Å²) >= 11 is 0. The Morgan fingerprint density at radius 1 is 1.00 bits per heavy atom. The molecule has 2 aromatic carbocycles. The molecule has 0 saturated carbocycles. The summed E-state index contributed by atoms with van der Waals surface area (Å²) in [5.41, 5.74) is 1.65. The van der Waals surface area contributed by atoms with E-state index in [2.05, 4.69) is 23.8 Å². The van der Waals surface area contributed by atoms with Crippen LogP contribution >= 0.6 is 0 Å². The molecule has 0 bridgehead atoms. The highest BCUT2D eigenvalue weighted by Crippen LogP contribution is 2.12. The smallest absolute Gasteiger partial charge is 0.200 e. The fourth-order valence-corrected chi connectivity index (χ4v) is 2.86. The Morgan fingerprint density at radius 2 is 1.55 bits per heavy atom. The van der Waals surface area contributed by atoms with Gasteiger partial charge in [-0.3, -0.25) is 0 Å². The van der Waals surface area contributed by atoms with Crippen molar-refractivity contribution in [3.8, 4) is 0 Å². The zero-order valence-corrected chi connectivity index (χ0v) is 13.5. The predicted molar refractivity (Wildman–Crippen MR) is 89.2 cm³/mol. The van der Waals surface area contributed by atoms with Gasteiger partial charge in [-0.05, 0) is 30.0 Å². The summed E-state index contributed by atoms with van der Waals surface area (Å²) in [5, 5.41) is 4.16. The standard InChI is InChI=1S/C17H20N2O2S/c1-14(2)13-17(15-9-5-3-6-10-15)18-19-22(20,21)16-11-7-4-8-12-16/h3-12,14,19H,13H2,1-2H3. The van der Waals surface area contributed by atoms with Gasteiger partial charge in [0.2, 0.25) is 0 Å². The van der Waals surface area contributed by atoms with Crippen LogP contribution in [0.2, 0.25) is 0 Å². The van der Waals surface area contributed by atoms with Crippen molar-refractivity contribution in [2.24, 2.45) is 11.0 Å². The van der Waals surface area contributed by atoms with Crippen molar-refractivity contribution in [2.45, 2.75) is 25.2 Å². The normalized spacial score (nSPS) is 12.4. The summed E-state index contributed by atoms with van der Waals surface area (Å²) < 4.78 is 24.5. The summed E-state index contributed by atoms with van der Waals surface area (Å²) in [4.78, 5) is 2.54. The van der Waals surface area contributed by atoms with Crippen molar-refractivity contribution in [1.82, 2.24) is 4.83 Å². The highest BCUT2D eigenvalue weighted by atomic mass is 32.2. The second-order valence-corrected chi connectivity index (χ2v) is 7.09. The lowest BCUT2D eigenvalue weighted by atomic mass is 10.0. The molecular formula is C17H20N2O2S. The fraction of sp³-hybridized carbons (Fsp3) is 0.235. The molecule has 0 spiro atoms. The molecular weight excluding hydrogens is 296 g/mol. The van der Waals surface area contributed by atoms with Gasteiger partial charge in [0.05, 0.1) is 10.6 Å². The highest BCUT2D eigenvalue weighted by molar-refractivity contribution is 7.89. The predicted octanol–water partition coefficient (Wildman–Crippen LogP) is 3.42. The fourth-order valence-electron chi connectivity index (χ4n) is 2.01. The molecule has 0 atom stereocenters. The molecule has 22 heavy (non-hydrogen) atoms. The minimum atomic E-state index is -3.64. The molecule has 0 heterocycles. The molecule has 1 N–H and O–H groups in total. The zero-order valence-electron chi connectivity index (χ0n) is 12.7. The van der Waals surface area contributed by atoms with E-state index in [0.717, 1.165) is 11.3 Å². The van der Waals surface area contributed by atoms with Crippen LogP contribution < -0.4 is 4.83 Å². The first-order valence-electron chi connectivity index (χ1n) is 7.18. The van der Waals surface area contributed by atoms with Crippen LogP contribution in [0.5, 0.6) is 0 Å². The molecule has 0 radical (unpaired) electrons. The highest BCUT2D eigenvalue weighted by Gasteiger charge is 2.13. The van der Waals surface area contributed by atoms with E-state index in [1.54, 1.807) is 30.3 Å². The largest absolute Gasteiger partial charge is 0.276 e. The van der Waals surface area contributed by atoms with Gasteiger partial charge in [0, 0.05) is 0 Å². The Kier molecular flexibility index (Phi) is 5.33. The van der Waals surface area contributed by atoms with Crippen LogP contribution in [0.1, 0.15) is 25.8 Å². The first-order valence-corrected chi connectivity index (χ1v) is 8.66. The minimum absolute atomic E-state index is 0.204. The number of hydrogen-bond acceptors (Lipinski definition) is 3. The lowest BCUT2D eigenvalue weighted by Gasteiger charge is -2.10. The molecule has 4 nitrogen and oxygen atoms in total. The monoisotopic (exact) mass is 316 g/mol. The Bertz CT molecular complexity index is 724. The first kappa shape index (κ1) is 16.2. The lowest BCUT2D eigenvalue weighted by Crippen LogP contribution is -2.21. The van der Waals surface area contributed by atoms with Gasteiger partial charge in [-0.15, -0.1) is 0 Å². The molecule has 0 fully saturated rings. The van der Waals surface area contributed by atoms with E-state index < -0.39 is 10.0 Å². The Labute approximate surface area is 131 Å². The maximum absolute atomic E-state index is 12.2. The number of sulfonamides is 1. The van der Waals surface area contributed by atoms with E-state index in [1.165, 1.54) is 0 Å². The van der Waals surface area contributed by atoms with Crippen molar-refractivity contribution < 1.29 is 8.42 Å². The number of hydrogen-bond donors (Lipinski definition) is 1. The van der Waals surface area contributed by atoms with E-state index >= 15 is 0 Å². The SMILES string of the molecule is CC(C)CC(=NNS(=O)(=O)c1ccccc1)c1ccccc1. The van der Waals surface area contributed by atoms with Crippen molar-refractivity contribution >= 4 is 15.7 Å². The van der Waals surface area contributed by atoms with Gasteiger partial charge in [-0.2, -0.15) is 18.4 Å². The van der Waals surface area contributed by atoms with Crippen LogP contribution in [-0.2, 0) is 10.0 Å². The summed E-state index contributed by atoms with van der Waals surface area (Å²) in [5.74, 6) is 0.375. The van der Waals surface area contributed by atoms with Gasteiger partial charge in [-0.1, -0.05) is 62.4 Å². The summed E-state index contributed by atoms with van der Waals surface area (Å²) in [6.07, 6.45) is 0.696. The molecule has 0 aliphatic rings. The molecule has 0 saturated heterocycles. The van der Waals surface area contributed by atoms with E-state index in [4.69, 9.17) is 0 Å². The second-order valence-electron chi connectivity index (χ2n) is 5.43. The average molecular weight is 316 g/mol. The van der Waals surface area contributed by atoms with Crippen LogP contribution in [0.4, 0.5) is 0 Å². The number of rotatable bonds is 6. The summed E-state index contributed by atoms with van der Waals surface area (Å²) in [6.45, 7) is 4.15. The van der Waals surface area contributed by atoms with Gasteiger partial charge in [0.15, 0.2) is 0 Å². The van der Waals surface area contributed by atoms with E-state index in [0.29, 0.717) is 12.3 Å². The van der Waals surface area contributed by atoms with Crippen LogP contribution in [0, 0.1) is 5.92 Å². The van der Waals surface area contributed by atoms with Crippen LogP contribution in [0.3, 0.4) is 0 Å². The third-order valence-electron chi connectivity index (χ3n) is 3.06. The van der Waals surface area contributed by atoms with Crippen LogP contribution in [0.15, 0.2) is 70.7 Å². The Morgan fingerprint density at radius 3 is 2.09 bits per heavy atom. The average Bonchev–Trinajstić information content (AvgIpc) is 2.53. The Balaban J connectivity index is 2.27. The lowest BCUT2D eigenvalue weighted by molar-refractivity contribution is 0.583. The maximum Gasteiger partial charge on any atom is 0.276 e. The van der Waals surface area contributed by atoms with Crippen LogP contribution in [0.25, 0.3) is 0 Å². The van der Waals surface area contributed by atoms with E-state index in [1.807, 2.05) is 30.3 Å². The van der Waals surface area contributed by atoms with Gasteiger partial charge in [0.1, 0.15) is 0 Å². The molecule has 0 aliphatic carbocycles. The number of nitrogens with zero attached hydrogens (tertiary/aromatic N) is 1. The molecule has 2 aromatic rings. The van der Waals surface area contributed by atoms with Crippen molar-refractivity contribution in [3.05, 3.63) is 66.2 Å². The Hall–Kier alpha value is -2.14. The number of nitrogens with one attached hydrogen (secondary N) is 1. The van der Waals surface area contributed by atoms with E-state index in [-0.39, 0.29) is 4.90 Å². The maximum atomic E-state index is 12.2. The first-order chi connectivity index (χ1) is 10.5. The van der Waals surface area contributed by atoms with Gasteiger partial charge in [0.25, 0.3) is 10.0 Å². The minimum Gasteiger partial charge on any atom is -0.200 e. The molecule has 116 valence electrons. The number of hydrazone groups is 1. The molecule has 0 aromatic heterocycles. The molecule has 5 heteroatoms. The molecule has 0 aliphatic heterocycles. The molecule has 0 amide bonds. The van der Waals surface area contributed by atoms with Crippen molar-refractivity contribution in [1.29, 1.82) is 0 Å². The molecule has 2 rings (SSSR count). The summed E-state index contributed by atoms with van der Waals surface area (Å²) in [7, 11) is -3.64. The van der Waals surface area contributed by atoms with Crippen LogP contribution in [-0.4, -0.2) is 14.1 Å². The van der Waals surface area contributed by atoms with E-state index in [9.17, 15) is 8.42 Å². The topological polar surface area (TPSA) is 58.5 Å².